The molecule has 5 nitrogen and oxygen atoms in total. The van der Waals surface area contributed by atoms with E-state index in [1.807, 2.05) is 0 Å². The van der Waals surface area contributed by atoms with Gasteiger partial charge in [0.05, 0.1) is 0 Å². The number of nitrogens with one attached hydrogen (secondary N) is 1. The van der Waals surface area contributed by atoms with Crippen LogP contribution in [-0.4, -0.2) is 52.9 Å². The number of piperazine rings is 1. The van der Waals surface area contributed by atoms with Crippen LogP contribution < -0.4 is 4.90 Å². The number of aromatic amines is 1. The van der Waals surface area contributed by atoms with E-state index in [2.05, 4.69) is 31.6 Å². The summed E-state index contributed by atoms with van der Waals surface area (Å²) < 4.78 is 3.07. The van der Waals surface area contributed by atoms with E-state index in [0.29, 0.717) is 6.04 Å². The number of H-pyrrole nitrogens is 1. The van der Waals surface area contributed by atoms with Crippen molar-refractivity contribution in [3.8, 4) is 0 Å². The zero-order chi connectivity index (χ0) is 13.2. The molecular formula is C13H23N5S. The van der Waals surface area contributed by atoms with Gasteiger partial charge in [-0.2, -0.15) is 0 Å². The van der Waals surface area contributed by atoms with Crippen molar-refractivity contribution in [2.75, 3.05) is 38.1 Å². The highest BCUT2D eigenvalue weighted by Gasteiger charge is 2.24. The first-order valence-corrected chi connectivity index (χ1v) is 7.77. The lowest BCUT2D eigenvalue weighted by Gasteiger charge is -2.34. The van der Waals surface area contributed by atoms with Crippen LogP contribution in [0.2, 0.25) is 0 Å². The molecule has 0 bridgehead atoms. The largest absolute Gasteiger partial charge is 0.338 e. The van der Waals surface area contributed by atoms with Crippen molar-refractivity contribution in [1.29, 1.82) is 0 Å². The Morgan fingerprint density at radius 3 is 2.47 bits per heavy atom. The molecule has 0 unspecified atom stereocenters. The minimum absolute atomic E-state index is 0.551. The number of hydrogen-bond acceptors (Lipinski definition) is 4. The zero-order valence-corrected chi connectivity index (χ0v) is 12.5. The topological polar surface area (TPSA) is 40.1 Å². The van der Waals surface area contributed by atoms with Crippen molar-refractivity contribution in [2.45, 2.75) is 38.1 Å². The van der Waals surface area contributed by atoms with Crippen molar-refractivity contribution in [3.63, 3.8) is 0 Å². The van der Waals surface area contributed by atoms with E-state index in [1.165, 1.54) is 32.1 Å². The highest BCUT2D eigenvalue weighted by atomic mass is 32.1. The summed E-state index contributed by atoms with van der Waals surface area (Å²) in [5, 5.41) is 7.50. The average Bonchev–Trinajstić information content (AvgIpc) is 2.82. The molecule has 2 aliphatic rings. The summed E-state index contributed by atoms with van der Waals surface area (Å²) in [6.07, 6.45) is 6.49. The lowest BCUT2D eigenvalue weighted by atomic mass is 9.95. The van der Waals surface area contributed by atoms with Crippen molar-refractivity contribution < 1.29 is 0 Å². The zero-order valence-electron chi connectivity index (χ0n) is 11.6. The van der Waals surface area contributed by atoms with Crippen LogP contribution in [0.3, 0.4) is 0 Å². The Morgan fingerprint density at radius 1 is 1.11 bits per heavy atom. The van der Waals surface area contributed by atoms with Crippen LogP contribution in [0, 0.1) is 4.77 Å². The molecule has 1 aliphatic heterocycles. The second-order valence-corrected chi connectivity index (χ2v) is 6.17. The summed E-state index contributed by atoms with van der Waals surface area (Å²) in [4.78, 5) is 4.74. The van der Waals surface area contributed by atoms with Gasteiger partial charge >= 0.3 is 0 Å². The molecule has 1 saturated heterocycles. The van der Waals surface area contributed by atoms with E-state index in [0.717, 1.165) is 36.9 Å². The van der Waals surface area contributed by atoms with E-state index in [-0.39, 0.29) is 0 Å². The second-order valence-electron chi connectivity index (χ2n) is 5.78. The minimum Gasteiger partial charge on any atom is -0.338 e. The smallest absolute Gasteiger partial charge is 0.226 e. The molecule has 3 rings (SSSR count). The Balaban J connectivity index is 1.83. The molecule has 2 fully saturated rings. The summed E-state index contributed by atoms with van der Waals surface area (Å²) in [5.41, 5.74) is 0. The van der Waals surface area contributed by atoms with Crippen LogP contribution in [-0.2, 0) is 0 Å². The van der Waals surface area contributed by atoms with Crippen LogP contribution in [0.15, 0.2) is 0 Å². The second kappa shape index (κ2) is 5.63. The van der Waals surface area contributed by atoms with E-state index >= 15 is 0 Å². The normalized spacial score (nSPS) is 22.9. The summed E-state index contributed by atoms with van der Waals surface area (Å²) >= 11 is 5.45. The predicted molar refractivity (Wildman–Crippen MR) is 79.2 cm³/mol. The summed E-state index contributed by atoms with van der Waals surface area (Å²) in [6, 6.07) is 0.551. The van der Waals surface area contributed by atoms with Crippen molar-refractivity contribution in [1.82, 2.24) is 19.7 Å². The highest BCUT2D eigenvalue weighted by molar-refractivity contribution is 7.71. The maximum Gasteiger partial charge on any atom is 0.226 e. The molecule has 1 aromatic heterocycles. The van der Waals surface area contributed by atoms with Gasteiger partial charge in [-0.25, -0.2) is 5.10 Å². The number of likely N-dealkylation sites (N-methyl/N-ethyl adjacent to an activating group) is 1. The average molecular weight is 281 g/mol. The minimum atomic E-state index is 0.551. The molecule has 0 radical (unpaired) electrons. The first kappa shape index (κ1) is 13.1. The van der Waals surface area contributed by atoms with Gasteiger partial charge in [-0.1, -0.05) is 19.3 Å². The van der Waals surface area contributed by atoms with E-state index in [4.69, 9.17) is 12.2 Å². The molecule has 1 N–H and O–H groups in total. The number of nitrogens with zero attached hydrogens (tertiary/aromatic N) is 4. The van der Waals surface area contributed by atoms with Crippen LogP contribution in [0.4, 0.5) is 5.95 Å². The fraction of sp³-hybridized carbons (Fsp3) is 0.846. The maximum absolute atomic E-state index is 5.45. The Hall–Kier alpha value is -0.880. The molecule has 1 aromatic rings. The monoisotopic (exact) mass is 281 g/mol. The van der Waals surface area contributed by atoms with Gasteiger partial charge in [-0.15, -0.1) is 5.10 Å². The van der Waals surface area contributed by atoms with Crippen LogP contribution >= 0.6 is 12.2 Å². The van der Waals surface area contributed by atoms with Crippen LogP contribution in [0.5, 0.6) is 0 Å². The molecule has 1 saturated carbocycles. The molecule has 2 heterocycles. The van der Waals surface area contributed by atoms with Gasteiger partial charge in [0.25, 0.3) is 0 Å². The van der Waals surface area contributed by atoms with Gasteiger partial charge in [0.1, 0.15) is 0 Å². The molecule has 0 atom stereocenters. The Kier molecular flexibility index (Phi) is 3.88. The SMILES string of the molecule is CN1CCN(c2n[nH]c(=S)n2C2CCCCC2)CC1. The maximum atomic E-state index is 5.45. The summed E-state index contributed by atoms with van der Waals surface area (Å²) in [7, 11) is 2.18. The molecule has 0 spiro atoms. The Bertz CT molecular complexity index is 466. The number of anilines is 1. The molecular weight excluding hydrogens is 258 g/mol. The lowest BCUT2D eigenvalue weighted by molar-refractivity contribution is 0.304. The first-order chi connectivity index (χ1) is 9.25. The summed E-state index contributed by atoms with van der Waals surface area (Å²) in [5.74, 6) is 1.06. The fourth-order valence-corrected chi connectivity index (χ4v) is 3.47. The van der Waals surface area contributed by atoms with Crippen LogP contribution in [0.25, 0.3) is 0 Å². The molecule has 1 aliphatic carbocycles. The predicted octanol–water partition coefficient (Wildman–Crippen LogP) is 2.20. The number of hydrogen-bond donors (Lipinski definition) is 1. The van der Waals surface area contributed by atoms with Crippen molar-refractivity contribution in [2.24, 2.45) is 0 Å². The van der Waals surface area contributed by atoms with E-state index < -0.39 is 0 Å². The third-order valence-corrected chi connectivity index (χ3v) is 4.70. The fourth-order valence-electron chi connectivity index (χ4n) is 3.19. The van der Waals surface area contributed by atoms with Gasteiger partial charge in [0.15, 0.2) is 4.77 Å². The van der Waals surface area contributed by atoms with Gasteiger partial charge in [0, 0.05) is 32.2 Å². The van der Waals surface area contributed by atoms with E-state index in [9.17, 15) is 0 Å². The number of aromatic nitrogens is 3. The summed E-state index contributed by atoms with van der Waals surface area (Å²) in [6.45, 7) is 4.29. The Labute approximate surface area is 119 Å². The van der Waals surface area contributed by atoms with Gasteiger partial charge < -0.3 is 9.80 Å². The van der Waals surface area contributed by atoms with Crippen molar-refractivity contribution in [3.05, 3.63) is 4.77 Å². The molecule has 6 heteroatoms. The third kappa shape index (κ3) is 2.69. The molecule has 0 amide bonds. The lowest BCUT2D eigenvalue weighted by Crippen LogP contribution is -2.45. The molecule has 0 aromatic carbocycles. The Morgan fingerprint density at radius 2 is 1.79 bits per heavy atom. The number of rotatable bonds is 2. The highest BCUT2D eigenvalue weighted by Crippen LogP contribution is 2.31. The van der Waals surface area contributed by atoms with Crippen LogP contribution in [0.1, 0.15) is 38.1 Å². The first-order valence-electron chi connectivity index (χ1n) is 7.36. The van der Waals surface area contributed by atoms with E-state index in [1.54, 1.807) is 0 Å². The van der Waals surface area contributed by atoms with Gasteiger partial charge in [-0.3, -0.25) is 4.57 Å². The van der Waals surface area contributed by atoms with Gasteiger partial charge in [-0.05, 0) is 32.1 Å². The quantitative estimate of drug-likeness (QED) is 0.844. The molecule has 19 heavy (non-hydrogen) atoms. The standard InChI is InChI=1S/C13H23N5S/c1-16-7-9-17(10-8-16)12-14-15-13(19)18(12)11-5-3-2-4-6-11/h11H,2-10H2,1H3,(H,15,19). The molecule has 106 valence electrons. The third-order valence-electron chi connectivity index (χ3n) is 4.41. The van der Waals surface area contributed by atoms with Gasteiger partial charge in [0.2, 0.25) is 5.95 Å². The van der Waals surface area contributed by atoms with Crippen molar-refractivity contribution >= 4 is 18.2 Å².